The zero-order valence-electron chi connectivity index (χ0n) is 12.2. The van der Waals surface area contributed by atoms with Crippen molar-refractivity contribution >= 4 is 11.9 Å². The number of allylic oxidation sites excluding steroid dienone is 2. The first-order valence-corrected chi connectivity index (χ1v) is 7.32. The number of amides is 1. The molecule has 0 bridgehead atoms. The summed E-state index contributed by atoms with van der Waals surface area (Å²) in [6.07, 6.45) is 5.67. The minimum Gasteiger partial charge on any atom is -0.463 e. The van der Waals surface area contributed by atoms with Gasteiger partial charge in [0.1, 0.15) is 6.61 Å². The summed E-state index contributed by atoms with van der Waals surface area (Å²) < 4.78 is 5.35. The molecule has 0 spiro atoms. The van der Waals surface area contributed by atoms with Gasteiger partial charge in [0.15, 0.2) is 0 Å². The molecule has 0 aliphatic carbocycles. The van der Waals surface area contributed by atoms with Crippen molar-refractivity contribution in [1.29, 1.82) is 0 Å². The molecule has 1 aromatic rings. The summed E-state index contributed by atoms with van der Waals surface area (Å²) in [5.41, 5.74) is 0.943. The highest BCUT2D eigenvalue weighted by atomic mass is 16.5. The molecular weight excluding hydrogens is 266 g/mol. The number of hydrogen-bond acceptors (Lipinski definition) is 3. The van der Waals surface area contributed by atoms with Gasteiger partial charge in [-0.2, -0.15) is 0 Å². The van der Waals surface area contributed by atoms with Crippen LogP contribution in [0.4, 0.5) is 0 Å². The van der Waals surface area contributed by atoms with E-state index in [0.717, 1.165) is 5.56 Å². The van der Waals surface area contributed by atoms with Crippen LogP contribution in [0.15, 0.2) is 42.5 Å². The largest absolute Gasteiger partial charge is 0.463 e. The van der Waals surface area contributed by atoms with Crippen LogP contribution in [-0.4, -0.2) is 18.5 Å². The van der Waals surface area contributed by atoms with E-state index >= 15 is 0 Å². The van der Waals surface area contributed by atoms with Crippen molar-refractivity contribution in [1.82, 2.24) is 5.32 Å². The van der Waals surface area contributed by atoms with Gasteiger partial charge < -0.3 is 10.1 Å². The van der Waals surface area contributed by atoms with Crippen molar-refractivity contribution in [2.45, 2.75) is 32.2 Å². The van der Waals surface area contributed by atoms with E-state index in [1.807, 2.05) is 49.4 Å². The monoisotopic (exact) mass is 287 g/mol. The first-order valence-electron chi connectivity index (χ1n) is 7.32. The number of benzene rings is 1. The molecule has 0 unspecified atom stereocenters. The van der Waals surface area contributed by atoms with Gasteiger partial charge in [0.25, 0.3) is 0 Å². The van der Waals surface area contributed by atoms with Crippen LogP contribution in [0.3, 0.4) is 0 Å². The number of ether oxygens (including phenoxy) is 1. The Labute approximate surface area is 125 Å². The minimum absolute atomic E-state index is 0.0295. The zero-order valence-corrected chi connectivity index (χ0v) is 12.2. The summed E-state index contributed by atoms with van der Waals surface area (Å²) in [6, 6.07) is 9.29. The second-order valence-corrected chi connectivity index (χ2v) is 5.31. The summed E-state index contributed by atoms with van der Waals surface area (Å²) in [6.45, 7) is 2.02. The summed E-state index contributed by atoms with van der Waals surface area (Å²) in [4.78, 5) is 23.9. The van der Waals surface area contributed by atoms with E-state index in [1.54, 1.807) is 0 Å². The lowest BCUT2D eigenvalue weighted by Gasteiger charge is -2.20. The highest BCUT2D eigenvalue weighted by Gasteiger charge is 2.19. The molecule has 4 heteroatoms. The van der Waals surface area contributed by atoms with Gasteiger partial charge in [-0.3, -0.25) is 9.59 Å². The van der Waals surface area contributed by atoms with E-state index in [2.05, 4.69) is 5.32 Å². The normalized spacial score (nSPS) is 26.0. The van der Waals surface area contributed by atoms with Crippen LogP contribution < -0.4 is 5.32 Å². The predicted octanol–water partition coefficient (Wildman–Crippen LogP) is 2.76. The van der Waals surface area contributed by atoms with E-state index in [4.69, 9.17) is 4.74 Å². The van der Waals surface area contributed by atoms with Crippen molar-refractivity contribution in [3.8, 4) is 0 Å². The third-order valence-corrected chi connectivity index (χ3v) is 3.53. The standard InChI is InChI=1S/C17H21NO3/c1-13-8-4-2-7-11-16(19)18-15(12-21-17(13)20)14-9-5-3-6-10-14/h2-6,9-10,13,15H,7-8,11-12H2,1H3,(H,18,19)/b4-2+/t13-,15-/m0/s1. The van der Waals surface area contributed by atoms with Gasteiger partial charge in [0, 0.05) is 6.42 Å². The Morgan fingerprint density at radius 3 is 2.67 bits per heavy atom. The maximum absolute atomic E-state index is 11.9. The van der Waals surface area contributed by atoms with Crippen LogP contribution in [0.1, 0.15) is 37.8 Å². The Hall–Kier alpha value is -2.10. The minimum atomic E-state index is -0.293. The quantitative estimate of drug-likeness (QED) is 0.638. The Kier molecular flexibility index (Phi) is 5.55. The summed E-state index contributed by atoms with van der Waals surface area (Å²) >= 11 is 0. The van der Waals surface area contributed by atoms with Crippen molar-refractivity contribution in [3.05, 3.63) is 48.0 Å². The molecule has 1 N–H and O–H groups in total. The lowest BCUT2D eigenvalue weighted by atomic mass is 10.1. The Balaban J connectivity index is 2.13. The van der Waals surface area contributed by atoms with Crippen LogP contribution in [0, 0.1) is 5.92 Å². The number of nitrogens with one attached hydrogen (secondary N) is 1. The Morgan fingerprint density at radius 2 is 1.90 bits per heavy atom. The average molecular weight is 287 g/mol. The number of carbonyl (C=O) groups excluding carboxylic acids is 2. The predicted molar refractivity (Wildman–Crippen MR) is 80.4 cm³/mol. The lowest BCUT2D eigenvalue weighted by Crippen LogP contribution is -2.32. The van der Waals surface area contributed by atoms with Crippen molar-refractivity contribution < 1.29 is 14.3 Å². The third kappa shape index (κ3) is 4.74. The molecule has 1 amide bonds. The molecular formula is C17H21NO3. The molecule has 2 atom stereocenters. The van der Waals surface area contributed by atoms with E-state index < -0.39 is 0 Å². The number of hydrogen-bond donors (Lipinski definition) is 1. The highest BCUT2D eigenvalue weighted by molar-refractivity contribution is 5.77. The van der Waals surface area contributed by atoms with Gasteiger partial charge in [-0.15, -0.1) is 0 Å². The fraction of sp³-hybridized carbons (Fsp3) is 0.412. The van der Waals surface area contributed by atoms with Crippen molar-refractivity contribution in [3.63, 3.8) is 0 Å². The second kappa shape index (κ2) is 7.62. The highest BCUT2D eigenvalue weighted by Crippen LogP contribution is 2.16. The molecule has 1 aliphatic rings. The number of esters is 1. The maximum atomic E-state index is 11.9. The Bertz CT molecular complexity index is 510. The maximum Gasteiger partial charge on any atom is 0.309 e. The van der Waals surface area contributed by atoms with E-state index in [9.17, 15) is 9.59 Å². The van der Waals surface area contributed by atoms with Gasteiger partial charge in [-0.25, -0.2) is 0 Å². The zero-order chi connectivity index (χ0) is 15.1. The molecule has 1 aromatic carbocycles. The molecule has 1 aliphatic heterocycles. The Morgan fingerprint density at radius 1 is 1.14 bits per heavy atom. The van der Waals surface area contributed by atoms with Gasteiger partial charge in [-0.05, 0) is 18.4 Å². The van der Waals surface area contributed by atoms with Gasteiger partial charge in [0.05, 0.1) is 12.0 Å². The first-order chi connectivity index (χ1) is 10.2. The summed E-state index contributed by atoms with van der Waals surface area (Å²) in [7, 11) is 0. The van der Waals surface area contributed by atoms with E-state index in [1.165, 1.54) is 0 Å². The fourth-order valence-electron chi connectivity index (χ4n) is 2.21. The molecule has 112 valence electrons. The lowest BCUT2D eigenvalue weighted by molar-refractivity contribution is -0.149. The molecule has 0 radical (unpaired) electrons. The number of carbonyl (C=O) groups is 2. The molecule has 1 heterocycles. The number of rotatable bonds is 1. The first kappa shape index (κ1) is 15.3. The van der Waals surface area contributed by atoms with Gasteiger partial charge >= 0.3 is 5.97 Å². The van der Waals surface area contributed by atoms with Crippen LogP contribution in [-0.2, 0) is 14.3 Å². The third-order valence-electron chi connectivity index (χ3n) is 3.53. The van der Waals surface area contributed by atoms with Gasteiger partial charge in [0.2, 0.25) is 5.91 Å². The second-order valence-electron chi connectivity index (χ2n) is 5.31. The average Bonchev–Trinajstić information content (AvgIpc) is 2.50. The van der Waals surface area contributed by atoms with Crippen molar-refractivity contribution in [2.75, 3.05) is 6.61 Å². The fourth-order valence-corrected chi connectivity index (χ4v) is 2.21. The molecule has 4 nitrogen and oxygen atoms in total. The molecule has 2 rings (SSSR count). The molecule has 0 saturated heterocycles. The smallest absolute Gasteiger partial charge is 0.309 e. The van der Waals surface area contributed by atoms with Crippen LogP contribution in [0.25, 0.3) is 0 Å². The van der Waals surface area contributed by atoms with E-state index in [0.29, 0.717) is 19.3 Å². The van der Waals surface area contributed by atoms with Crippen molar-refractivity contribution in [2.24, 2.45) is 5.92 Å². The molecule has 21 heavy (non-hydrogen) atoms. The molecule has 0 aromatic heterocycles. The topological polar surface area (TPSA) is 55.4 Å². The summed E-state index contributed by atoms with van der Waals surface area (Å²) in [5, 5.41) is 2.94. The van der Waals surface area contributed by atoms with Crippen LogP contribution in [0.5, 0.6) is 0 Å². The van der Waals surface area contributed by atoms with Crippen LogP contribution in [0.2, 0.25) is 0 Å². The summed E-state index contributed by atoms with van der Waals surface area (Å²) in [5.74, 6) is -0.415. The number of cyclic esters (lactones) is 1. The molecule has 0 fully saturated rings. The van der Waals surface area contributed by atoms with E-state index in [-0.39, 0.29) is 30.4 Å². The van der Waals surface area contributed by atoms with Gasteiger partial charge in [-0.1, -0.05) is 49.4 Å². The molecule has 0 saturated carbocycles. The van der Waals surface area contributed by atoms with Crippen LogP contribution >= 0.6 is 0 Å². The SMILES string of the molecule is C[C@H]1C/C=C/CCC(=O)N[C@H](c2ccccc2)COC1=O.